The van der Waals surface area contributed by atoms with Crippen molar-refractivity contribution < 1.29 is 54.2 Å². The number of hydrogen-bond acceptors (Lipinski definition) is 11. The van der Waals surface area contributed by atoms with Crippen molar-refractivity contribution in [1.82, 2.24) is 0 Å². The zero-order valence-electron chi connectivity index (χ0n) is 22.3. The number of Topliss-reactive ketones (excluding diaryl/α,β-unsaturated/α-hetero) is 3. The summed E-state index contributed by atoms with van der Waals surface area (Å²) in [5.74, 6) is -6.98. The normalized spacial score (nSPS) is 28.8. The summed E-state index contributed by atoms with van der Waals surface area (Å²) in [7, 11) is 1.02. The van der Waals surface area contributed by atoms with Crippen molar-refractivity contribution in [2.24, 2.45) is 5.41 Å². The highest BCUT2D eigenvalue weighted by Gasteiger charge is 2.63. The van der Waals surface area contributed by atoms with Gasteiger partial charge in [0, 0.05) is 17.5 Å². The molecule has 1 fully saturated rings. The molecule has 0 radical (unpaired) electrons. The number of esters is 1. The van der Waals surface area contributed by atoms with Gasteiger partial charge in [-0.25, -0.2) is 4.79 Å². The number of ketones is 3. The number of phenols is 2. The van der Waals surface area contributed by atoms with Gasteiger partial charge in [-0.3, -0.25) is 14.4 Å². The minimum atomic E-state index is -2.48. The number of aromatic hydroxyl groups is 2. The third-order valence-corrected chi connectivity index (χ3v) is 9.09. The highest BCUT2D eigenvalue weighted by molar-refractivity contribution is 6.23. The predicted octanol–water partition coefficient (Wildman–Crippen LogP) is 2.63. The lowest BCUT2D eigenvalue weighted by molar-refractivity contribution is -0.169. The lowest BCUT2D eigenvalue weighted by atomic mass is 9.62. The van der Waals surface area contributed by atoms with Crippen LogP contribution in [0.3, 0.4) is 0 Å². The zero-order valence-corrected chi connectivity index (χ0v) is 22.3. The molecule has 8 rings (SSSR count). The van der Waals surface area contributed by atoms with Crippen LogP contribution in [0.15, 0.2) is 41.5 Å². The Labute approximate surface area is 237 Å². The van der Waals surface area contributed by atoms with Crippen LogP contribution in [0.1, 0.15) is 56.9 Å². The number of benzene rings is 2. The van der Waals surface area contributed by atoms with Crippen LogP contribution >= 0.6 is 0 Å². The Hall–Kier alpha value is -4.90. The summed E-state index contributed by atoms with van der Waals surface area (Å²) in [6.07, 6.45) is 0.684. The molecule has 1 aliphatic heterocycles. The maximum absolute atomic E-state index is 14.2. The molecule has 1 heterocycles. The molecule has 0 amide bonds. The number of allylic oxidation sites excluding steroid dienone is 3. The highest BCUT2D eigenvalue weighted by Crippen LogP contribution is 2.59. The Morgan fingerprint density at radius 1 is 1.00 bits per heavy atom. The van der Waals surface area contributed by atoms with Crippen LogP contribution < -0.4 is 4.74 Å². The molecule has 5 N–H and O–H groups in total. The third-order valence-electron chi connectivity index (χ3n) is 9.09. The van der Waals surface area contributed by atoms with Crippen LogP contribution in [-0.4, -0.2) is 67.7 Å². The number of methoxy groups -OCH3 is 1. The van der Waals surface area contributed by atoms with E-state index in [0.717, 1.165) is 7.11 Å². The van der Waals surface area contributed by atoms with Gasteiger partial charge in [0.1, 0.15) is 40.4 Å². The van der Waals surface area contributed by atoms with Gasteiger partial charge in [0.2, 0.25) is 0 Å². The summed E-state index contributed by atoms with van der Waals surface area (Å²) in [6, 6.07) is 4.12. The first-order valence-corrected chi connectivity index (χ1v) is 13.3. The Balaban J connectivity index is 1.53. The van der Waals surface area contributed by atoms with Crippen LogP contribution in [0.5, 0.6) is 17.2 Å². The SMILES string of the molecule is COC(=O)[C@@]12Oc3c(c(O)cc4c3[C@H]3C=C[C@@]5(C4)C(=O)c4cc(C)cc(O)c4C(O)=C5C3=O)C(O)=C1C(=O)CC[C@@H]2O. The van der Waals surface area contributed by atoms with Crippen molar-refractivity contribution in [1.29, 1.82) is 0 Å². The third kappa shape index (κ3) is 2.83. The van der Waals surface area contributed by atoms with Crippen LogP contribution in [0, 0.1) is 12.3 Å². The number of aliphatic hydroxyl groups is 3. The van der Waals surface area contributed by atoms with Gasteiger partial charge in [0.25, 0.3) is 5.60 Å². The van der Waals surface area contributed by atoms with E-state index in [1.54, 1.807) is 6.92 Å². The number of hydrogen-bond donors (Lipinski definition) is 5. The Kier molecular flexibility index (Phi) is 5.02. The van der Waals surface area contributed by atoms with Crippen molar-refractivity contribution in [3.63, 3.8) is 0 Å². The van der Waals surface area contributed by atoms with Crippen LogP contribution in [-0.2, 0) is 25.5 Å². The standard InChI is InChI=1S/C31H24O11/c1-11-7-14-20(16(33)8-11)25(37)23-24(36)13-5-6-30(23,28(14)39)10-12-9-17(34)21-26(38)22-15(32)3-4-18(35)31(22,29(40)41-2)42-27(21)19(12)13/h5-9,13,18,33-35,37-38H,3-4,10H2,1-2H3/t13-,18+,30+,31+/m1/s1. The smallest absolute Gasteiger partial charge is 0.358 e. The zero-order chi connectivity index (χ0) is 30.0. The molecule has 6 aliphatic rings. The van der Waals surface area contributed by atoms with E-state index in [1.165, 1.54) is 30.4 Å². The molecule has 2 aromatic carbocycles. The lowest BCUT2D eigenvalue weighted by Crippen LogP contribution is -2.61. The van der Waals surface area contributed by atoms with E-state index >= 15 is 0 Å². The fraction of sp³-hybridized carbons (Fsp3) is 0.290. The Bertz CT molecular complexity index is 1830. The summed E-state index contributed by atoms with van der Waals surface area (Å²) < 4.78 is 11.1. The number of fused-ring (bicyclic) bond motifs is 3. The second-order valence-corrected chi connectivity index (χ2v) is 11.3. The molecule has 0 unspecified atom stereocenters. The Morgan fingerprint density at radius 3 is 2.40 bits per heavy atom. The van der Waals surface area contributed by atoms with Gasteiger partial charge in [-0.1, -0.05) is 12.2 Å². The second kappa shape index (κ2) is 8.10. The van der Waals surface area contributed by atoms with Gasteiger partial charge in [0.05, 0.1) is 35.2 Å². The van der Waals surface area contributed by atoms with Crippen molar-refractivity contribution in [2.75, 3.05) is 7.11 Å². The molecule has 5 aliphatic carbocycles. The molecule has 42 heavy (non-hydrogen) atoms. The molecule has 11 nitrogen and oxygen atoms in total. The maximum atomic E-state index is 14.2. The summed E-state index contributed by atoms with van der Waals surface area (Å²) in [5, 5.41) is 55.6. The molecule has 2 aromatic rings. The summed E-state index contributed by atoms with van der Waals surface area (Å²) >= 11 is 0. The average molecular weight is 573 g/mol. The van der Waals surface area contributed by atoms with E-state index in [-0.39, 0.29) is 64.2 Å². The highest BCUT2D eigenvalue weighted by atomic mass is 16.6. The number of aliphatic hydroxyl groups excluding tert-OH is 3. The number of carbonyl (C=O) groups is 4. The number of carbonyl (C=O) groups excluding carboxylic acids is 4. The largest absolute Gasteiger partial charge is 0.507 e. The van der Waals surface area contributed by atoms with Crippen molar-refractivity contribution in [3.05, 3.63) is 74.9 Å². The van der Waals surface area contributed by atoms with Crippen LogP contribution in [0.4, 0.5) is 0 Å². The quantitative estimate of drug-likeness (QED) is 0.250. The molecule has 1 saturated carbocycles. The van der Waals surface area contributed by atoms with Gasteiger partial charge in [-0.2, -0.15) is 0 Å². The van der Waals surface area contributed by atoms with Gasteiger partial charge in [-0.15, -0.1) is 0 Å². The van der Waals surface area contributed by atoms with E-state index in [1.807, 2.05) is 0 Å². The van der Waals surface area contributed by atoms with E-state index < -0.39 is 69.2 Å². The first-order valence-electron chi connectivity index (χ1n) is 13.3. The molecule has 0 saturated heterocycles. The van der Waals surface area contributed by atoms with Crippen LogP contribution in [0.25, 0.3) is 11.5 Å². The minimum Gasteiger partial charge on any atom is -0.507 e. The molecule has 0 aromatic heterocycles. The van der Waals surface area contributed by atoms with E-state index in [0.29, 0.717) is 5.56 Å². The summed E-state index contributed by atoms with van der Waals surface area (Å²) in [4.78, 5) is 54.5. The second-order valence-electron chi connectivity index (χ2n) is 11.3. The number of rotatable bonds is 1. The summed E-state index contributed by atoms with van der Waals surface area (Å²) in [6.45, 7) is 1.67. The minimum absolute atomic E-state index is 0.0187. The van der Waals surface area contributed by atoms with Gasteiger partial charge in [-0.05, 0) is 49.1 Å². The topological polar surface area (TPSA) is 188 Å². The van der Waals surface area contributed by atoms with Crippen molar-refractivity contribution >= 4 is 34.8 Å². The van der Waals surface area contributed by atoms with Crippen LogP contribution in [0.2, 0.25) is 0 Å². The molecular formula is C31H24O11. The molecular weight excluding hydrogens is 548 g/mol. The number of phenolic OH excluding ortho intramolecular Hbond substituents is 2. The molecule has 2 bridgehead atoms. The lowest BCUT2D eigenvalue weighted by Gasteiger charge is -2.43. The Morgan fingerprint density at radius 2 is 1.69 bits per heavy atom. The average Bonchev–Trinajstić information content (AvgIpc) is 3.16. The molecule has 214 valence electrons. The monoisotopic (exact) mass is 572 g/mol. The molecule has 4 atom stereocenters. The maximum Gasteiger partial charge on any atom is 0.358 e. The van der Waals surface area contributed by atoms with Crippen molar-refractivity contribution in [3.8, 4) is 17.2 Å². The van der Waals surface area contributed by atoms with E-state index in [9.17, 15) is 44.7 Å². The van der Waals surface area contributed by atoms with Gasteiger partial charge < -0.3 is 35.0 Å². The van der Waals surface area contributed by atoms with E-state index in [2.05, 4.69) is 0 Å². The first-order chi connectivity index (χ1) is 19.9. The first kappa shape index (κ1) is 26.0. The van der Waals surface area contributed by atoms with E-state index in [4.69, 9.17) is 9.47 Å². The fourth-order valence-corrected chi connectivity index (χ4v) is 7.29. The van der Waals surface area contributed by atoms with Gasteiger partial charge in [0.15, 0.2) is 17.3 Å². The predicted molar refractivity (Wildman–Crippen MR) is 143 cm³/mol. The summed E-state index contributed by atoms with van der Waals surface area (Å²) in [5.41, 5.74) is -4.64. The number of aryl methyl sites for hydroxylation is 1. The fourth-order valence-electron chi connectivity index (χ4n) is 7.29. The number of ether oxygens (including phenoxy) is 2. The molecule has 1 spiro atoms. The van der Waals surface area contributed by atoms with Gasteiger partial charge >= 0.3 is 5.97 Å². The van der Waals surface area contributed by atoms with Crippen molar-refractivity contribution in [2.45, 2.75) is 43.8 Å². The molecule has 11 heteroatoms.